The molecule has 1 aliphatic rings. The molecule has 180 valence electrons. The van der Waals surface area contributed by atoms with E-state index in [4.69, 9.17) is 9.94 Å². The SMILES string of the molecule is CC#CCN1CC(NC(=O)c2ccc(OCc3cc(C)nc4ccccc34)cc2)C(C(=O)NO)C1. The first-order valence-corrected chi connectivity index (χ1v) is 11.4. The topological polar surface area (TPSA) is 104 Å². The van der Waals surface area contributed by atoms with E-state index >= 15 is 0 Å². The molecule has 1 saturated heterocycles. The van der Waals surface area contributed by atoms with Crippen LogP contribution in [-0.4, -0.2) is 52.6 Å². The number of aromatic nitrogens is 1. The molecule has 35 heavy (non-hydrogen) atoms. The van der Waals surface area contributed by atoms with E-state index in [1.165, 1.54) is 0 Å². The first kappa shape index (κ1) is 24.2. The predicted molar refractivity (Wildman–Crippen MR) is 132 cm³/mol. The lowest BCUT2D eigenvalue weighted by molar-refractivity contribution is -0.133. The maximum absolute atomic E-state index is 12.9. The Bertz CT molecular complexity index is 1280. The number of amides is 2. The van der Waals surface area contributed by atoms with Crippen LogP contribution >= 0.6 is 0 Å². The van der Waals surface area contributed by atoms with Gasteiger partial charge in [-0.15, -0.1) is 5.92 Å². The molecule has 4 rings (SSSR count). The molecule has 0 radical (unpaired) electrons. The number of fused-ring (bicyclic) bond motifs is 1. The minimum Gasteiger partial charge on any atom is -0.489 e. The number of hydrogen-bond acceptors (Lipinski definition) is 6. The fourth-order valence-corrected chi connectivity index (χ4v) is 4.33. The molecule has 2 atom stereocenters. The standard InChI is InChI=1S/C27H28N4O4/c1-3-4-13-31-15-23(27(33)30-34)25(16-31)29-26(32)19-9-11-21(12-10-19)35-17-20-14-18(2)28-24-8-6-5-7-22(20)24/h5-12,14,23,25,34H,13,15-17H2,1-2H3,(H,29,32)(H,30,33). The number of pyridine rings is 1. The molecule has 2 aromatic carbocycles. The van der Waals surface area contributed by atoms with Gasteiger partial charge in [0.1, 0.15) is 12.4 Å². The third kappa shape index (κ3) is 5.77. The number of ether oxygens (including phenoxy) is 1. The van der Waals surface area contributed by atoms with Gasteiger partial charge in [0, 0.05) is 35.3 Å². The number of rotatable bonds is 7. The van der Waals surface area contributed by atoms with Crippen molar-refractivity contribution in [2.75, 3.05) is 19.6 Å². The second kappa shape index (κ2) is 11.0. The summed E-state index contributed by atoms with van der Waals surface area (Å²) < 4.78 is 5.98. The molecule has 2 amide bonds. The zero-order valence-corrected chi connectivity index (χ0v) is 19.7. The van der Waals surface area contributed by atoms with Crippen LogP contribution in [0.15, 0.2) is 54.6 Å². The Labute approximate surface area is 204 Å². The van der Waals surface area contributed by atoms with E-state index in [0.717, 1.165) is 22.2 Å². The van der Waals surface area contributed by atoms with Gasteiger partial charge in [0.15, 0.2) is 0 Å². The zero-order chi connectivity index (χ0) is 24.8. The number of nitrogens with zero attached hydrogens (tertiary/aromatic N) is 2. The molecule has 0 aliphatic carbocycles. The summed E-state index contributed by atoms with van der Waals surface area (Å²) in [4.78, 5) is 31.5. The molecule has 3 aromatic rings. The Morgan fingerprint density at radius 1 is 1.17 bits per heavy atom. The molecule has 8 nitrogen and oxygen atoms in total. The van der Waals surface area contributed by atoms with Gasteiger partial charge >= 0.3 is 0 Å². The van der Waals surface area contributed by atoms with Gasteiger partial charge in [0.2, 0.25) is 5.91 Å². The lowest BCUT2D eigenvalue weighted by Crippen LogP contribution is -2.45. The number of carbonyl (C=O) groups is 2. The van der Waals surface area contributed by atoms with Crippen molar-refractivity contribution in [3.8, 4) is 17.6 Å². The summed E-state index contributed by atoms with van der Waals surface area (Å²) in [6.45, 7) is 5.46. The fraction of sp³-hybridized carbons (Fsp3) is 0.296. The Hall–Kier alpha value is -3.93. The van der Waals surface area contributed by atoms with Crippen molar-refractivity contribution in [3.63, 3.8) is 0 Å². The van der Waals surface area contributed by atoms with E-state index in [0.29, 0.717) is 37.6 Å². The molecular weight excluding hydrogens is 444 g/mol. The Morgan fingerprint density at radius 3 is 2.69 bits per heavy atom. The van der Waals surface area contributed by atoms with E-state index in [-0.39, 0.29) is 5.91 Å². The highest BCUT2D eigenvalue weighted by atomic mass is 16.5. The van der Waals surface area contributed by atoms with Crippen molar-refractivity contribution in [1.29, 1.82) is 0 Å². The highest BCUT2D eigenvalue weighted by Crippen LogP contribution is 2.22. The molecule has 0 saturated carbocycles. The van der Waals surface area contributed by atoms with E-state index in [9.17, 15) is 9.59 Å². The van der Waals surface area contributed by atoms with E-state index in [2.05, 4.69) is 22.1 Å². The van der Waals surface area contributed by atoms with Crippen LogP contribution in [0.3, 0.4) is 0 Å². The van der Waals surface area contributed by atoms with Crippen molar-refractivity contribution in [2.24, 2.45) is 5.92 Å². The van der Waals surface area contributed by atoms with Gasteiger partial charge in [-0.1, -0.05) is 24.1 Å². The highest BCUT2D eigenvalue weighted by Gasteiger charge is 2.38. The van der Waals surface area contributed by atoms with Crippen molar-refractivity contribution < 1.29 is 19.5 Å². The van der Waals surface area contributed by atoms with Gasteiger partial charge in [-0.05, 0) is 50.2 Å². The summed E-state index contributed by atoms with van der Waals surface area (Å²) in [5.74, 6) is 5.05. The summed E-state index contributed by atoms with van der Waals surface area (Å²) in [5.41, 5.74) is 5.06. The quantitative estimate of drug-likeness (QED) is 0.278. The number of carbonyl (C=O) groups excluding carboxylic acids is 2. The van der Waals surface area contributed by atoms with Gasteiger partial charge in [-0.3, -0.25) is 24.7 Å². The van der Waals surface area contributed by atoms with Crippen LogP contribution in [0.25, 0.3) is 10.9 Å². The number of likely N-dealkylation sites (tertiary alicyclic amines) is 1. The first-order valence-electron chi connectivity index (χ1n) is 11.4. The van der Waals surface area contributed by atoms with Crippen LogP contribution < -0.4 is 15.5 Å². The smallest absolute Gasteiger partial charge is 0.251 e. The maximum atomic E-state index is 12.9. The van der Waals surface area contributed by atoms with Gasteiger partial charge < -0.3 is 10.1 Å². The lowest BCUT2D eigenvalue weighted by Gasteiger charge is -2.18. The number of para-hydroxylation sites is 1. The predicted octanol–water partition coefficient (Wildman–Crippen LogP) is 2.68. The Morgan fingerprint density at radius 2 is 1.94 bits per heavy atom. The molecule has 2 heterocycles. The Kier molecular flexibility index (Phi) is 7.60. The molecule has 8 heteroatoms. The van der Waals surface area contributed by atoms with Crippen molar-refractivity contribution in [2.45, 2.75) is 26.5 Å². The number of nitrogens with one attached hydrogen (secondary N) is 2. The molecule has 0 spiro atoms. The fourth-order valence-electron chi connectivity index (χ4n) is 4.33. The number of hydroxylamine groups is 1. The van der Waals surface area contributed by atoms with E-state index < -0.39 is 17.9 Å². The van der Waals surface area contributed by atoms with Crippen LogP contribution in [0.5, 0.6) is 5.75 Å². The first-order chi connectivity index (χ1) is 17.0. The molecule has 1 aromatic heterocycles. The largest absolute Gasteiger partial charge is 0.489 e. The second-order valence-corrected chi connectivity index (χ2v) is 8.54. The van der Waals surface area contributed by atoms with Crippen molar-refractivity contribution in [3.05, 3.63) is 71.4 Å². The summed E-state index contributed by atoms with van der Waals surface area (Å²) in [5, 5.41) is 13.1. The number of aryl methyl sites for hydroxylation is 1. The van der Waals surface area contributed by atoms with E-state index in [1.807, 2.05) is 42.2 Å². The molecule has 1 fully saturated rings. The molecule has 1 aliphatic heterocycles. The summed E-state index contributed by atoms with van der Waals surface area (Å²) in [7, 11) is 0. The molecule has 0 bridgehead atoms. The number of benzene rings is 2. The normalized spacial score (nSPS) is 17.5. The lowest BCUT2D eigenvalue weighted by atomic mass is 10.0. The van der Waals surface area contributed by atoms with Gasteiger partial charge in [0.05, 0.1) is 24.0 Å². The minimum atomic E-state index is -0.566. The van der Waals surface area contributed by atoms with Crippen LogP contribution in [-0.2, 0) is 11.4 Å². The average molecular weight is 473 g/mol. The summed E-state index contributed by atoms with van der Waals surface area (Å²) in [6, 6.07) is 16.4. The van der Waals surface area contributed by atoms with Crippen LogP contribution in [0.2, 0.25) is 0 Å². The maximum Gasteiger partial charge on any atom is 0.251 e. The third-order valence-corrected chi connectivity index (χ3v) is 6.08. The van der Waals surface area contributed by atoms with Gasteiger partial charge in [0.25, 0.3) is 5.91 Å². The van der Waals surface area contributed by atoms with Gasteiger partial charge in [-0.2, -0.15) is 0 Å². The molecule has 2 unspecified atom stereocenters. The third-order valence-electron chi connectivity index (χ3n) is 6.08. The average Bonchev–Trinajstić information content (AvgIpc) is 3.28. The minimum absolute atomic E-state index is 0.295. The van der Waals surface area contributed by atoms with E-state index in [1.54, 1.807) is 36.7 Å². The monoisotopic (exact) mass is 472 g/mol. The van der Waals surface area contributed by atoms with Crippen LogP contribution in [0.1, 0.15) is 28.5 Å². The highest BCUT2D eigenvalue weighted by molar-refractivity contribution is 5.95. The Balaban J connectivity index is 1.40. The molecule has 3 N–H and O–H groups in total. The number of hydrogen-bond donors (Lipinski definition) is 3. The summed E-state index contributed by atoms with van der Waals surface area (Å²) >= 11 is 0. The van der Waals surface area contributed by atoms with Crippen molar-refractivity contribution >= 4 is 22.7 Å². The summed E-state index contributed by atoms with van der Waals surface area (Å²) in [6.07, 6.45) is 0. The van der Waals surface area contributed by atoms with Crippen LogP contribution in [0, 0.1) is 24.7 Å². The van der Waals surface area contributed by atoms with Crippen LogP contribution in [0.4, 0.5) is 0 Å². The molecular formula is C27H28N4O4. The zero-order valence-electron chi connectivity index (χ0n) is 19.7. The van der Waals surface area contributed by atoms with Crippen molar-refractivity contribution in [1.82, 2.24) is 20.7 Å². The second-order valence-electron chi connectivity index (χ2n) is 8.54. The van der Waals surface area contributed by atoms with Gasteiger partial charge in [-0.25, -0.2) is 5.48 Å².